The van der Waals surface area contributed by atoms with E-state index in [9.17, 15) is 0 Å². The molecule has 8 bridgehead atoms. The number of nitrogens with zero attached hydrogens (tertiary/aromatic N) is 6. The van der Waals surface area contributed by atoms with Gasteiger partial charge in [-0.2, -0.15) is 18.3 Å². The molecule has 9 rings (SSSR count). The van der Waals surface area contributed by atoms with Crippen LogP contribution in [0.1, 0.15) is 159 Å². The van der Waals surface area contributed by atoms with Crippen LogP contribution in [0.15, 0.2) is 128 Å². The van der Waals surface area contributed by atoms with E-state index in [1.165, 1.54) is 105 Å². The Hall–Kier alpha value is -6.80. The van der Waals surface area contributed by atoms with E-state index in [1.54, 1.807) is 0 Å². The standard InChI is InChI=1S/C64H76N8/c1-5-9-13-21-37-69-41-25-17-29-56(69)54-47-53-46-51-34-33-49(65-51)45-50-35-36-52(66-50)48-55-60(57-30-18-26-42-70(57)38-22-14-10-6-2)61(58-31-19-27-43-71(58)39-23-15-11-7-3)64(68-55)62(63(54)67-53)59-32-20-28-44-72(59)40-24-16-12-8-4/h17-20,25-36,41-48H,5-16,21-24,37-40H2,1-4H3/q+2/p+2. The minimum Gasteiger partial charge on any atom is -0.355 e. The lowest BCUT2D eigenvalue weighted by atomic mass is 9.95. The third kappa shape index (κ3) is 11.9. The highest BCUT2D eigenvalue weighted by molar-refractivity contribution is 6.08. The maximum Gasteiger partial charge on any atom is 0.216 e. The van der Waals surface area contributed by atoms with Gasteiger partial charge in [0, 0.05) is 85.2 Å². The summed E-state index contributed by atoms with van der Waals surface area (Å²) in [6, 6.07) is 37.9. The maximum atomic E-state index is 5.86. The van der Waals surface area contributed by atoms with Crippen molar-refractivity contribution in [2.75, 3.05) is 0 Å². The number of rotatable bonds is 24. The van der Waals surface area contributed by atoms with Crippen molar-refractivity contribution in [2.45, 2.75) is 157 Å². The summed E-state index contributed by atoms with van der Waals surface area (Å²) < 4.78 is 9.99. The SMILES string of the molecule is CCCCCC[n+]1ccccc1C1=Cc2cc3ccc(cc4nc(cc5[nH]c(c(-c6cccc[n+]6CCCCCC)c1n2)c(-c1cccc[n+]1CCCCCC)c5-c1cccc[n+]1CCCCCC)C=C4)[nH]3. The molecule has 0 saturated carbocycles. The Labute approximate surface area is 429 Å². The number of hydrogen-bond acceptors (Lipinski definition) is 2. The van der Waals surface area contributed by atoms with Gasteiger partial charge >= 0.3 is 0 Å². The minimum absolute atomic E-state index is 0.903. The molecule has 370 valence electrons. The van der Waals surface area contributed by atoms with Gasteiger partial charge in [-0.05, 0) is 98.5 Å². The molecule has 0 fully saturated rings. The van der Waals surface area contributed by atoms with Gasteiger partial charge in [0.1, 0.15) is 26.2 Å². The molecular formula is C64H78N8+4. The summed E-state index contributed by atoms with van der Waals surface area (Å²) in [5, 5.41) is 0. The maximum absolute atomic E-state index is 5.86. The normalized spacial score (nSPS) is 12.2. The predicted octanol–water partition coefficient (Wildman–Crippen LogP) is 14.5. The largest absolute Gasteiger partial charge is 0.355 e. The Morgan fingerprint density at radius 1 is 0.389 bits per heavy atom. The van der Waals surface area contributed by atoms with Gasteiger partial charge in [-0.15, -0.1) is 0 Å². The average molecular weight is 959 g/mol. The van der Waals surface area contributed by atoms with Crippen LogP contribution in [-0.4, -0.2) is 19.9 Å². The van der Waals surface area contributed by atoms with Crippen molar-refractivity contribution < 1.29 is 18.3 Å². The molecule has 9 heterocycles. The van der Waals surface area contributed by atoms with Crippen molar-refractivity contribution in [3.8, 4) is 33.8 Å². The Morgan fingerprint density at radius 2 is 0.819 bits per heavy atom. The van der Waals surface area contributed by atoms with Crippen LogP contribution in [0.2, 0.25) is 0 Å². The quantitative estimate of drug-likeness (QED) is 0.0468. The number of hydrogen-bond donors (Lipinski definition) is 2. The average Bonchev–Trinajstić information content (AvgIpc) is 4.23. The number of unbranched alkanes of at least 4 members (excludes halogenated alkanes) is 12. The zero-order valence-corrected chi connectivity index (χ0v) is 43.7. The van der Waals surface area contributed by atoms with Crippen molar-refractivity contribution in [3.05, 3.63) is 156 Å². The first-order valence-corrected chi connectivity index (χ1v) is 27.7. The molecule has 2 N–H and O–H groups in total. The number of nitrogens with one attached hydrogen (secondary N) is 2. The van der Waals surface area contributed by atoms with Crippen molar-refractivity contribution in [3.63, 3.8) is 0 Å². The lowest BCUT2D eigenvalue weighted by Gasteiger charge is -2.12. The van der Waals surface area contributed by atoms with Crippen LogP contribution < -0.4 is 18.3 Å². The molecule has 0 radical (unpaired) electrons. The van der Waals surface area contributed by atoms with E-state index in [-0.39, 0.29) is 0 Å². The summed E-state index contributed by atoms with van der Waals surface area (Å²) in [6.07, 6.45) is 34.7. The van der Waals surface area contributed by atoms with E-state index < -0.39 is 0 Å². The summed E-state index contributed by atoms with van der Waals surface area (Å²) in [6.45, 7) is 12.9. The van der Waals surface area contributed by atoms with Gasteiger partial charge in [-0.25, -0.2) is 9.97 Å². The molecule has 8 heteroatoms. The smallest absolute Gasteiger partial charge is 0.216 e. The summed E-state index contributed by atoms with van der Waals surface area (Å²) in [7, 11) is 0. The zero-order valence-electron chi connectivity index (χ0n) is 43.7. The Bertz CT molecular complexity index is 3170. The molecular weight excluding hydrogens is 881 g/mol. The van der Waals surface area contributed by atoms with Gasteiger partial charge in [0.25, 0.3) is 0 Å². The first-order chi connectivity index (χ1) is 35.6. The Morgan fingerprint density at radius 3 is 1.32 bits per heavy atom. The van der Waals surface area contributed by atoms with Gasteiger partial charge in [-0.1, -0.05) is 79.1 Å². The van der Waals surface area contributed by atoms with Gasteiger partial charge in [0.2, 0.25) is 22.8 Å². The van der Waals surface area contributed by atoms with Crippen LogP contribution in [0, 0.1) is 0 Å². The molecule has 0 aliphatic carbocycles. The second kappa shape index (κ2) is 25.0. The van der Waals surface area contributed by atoms with E-state index in [4.69, 9.17) is 9.97 Å². The van der Waals surface area contributed by atoms with Gasteiger partial charge in [-0.3, -0.25) is 0 Å². The van der Waals surface area contributed by atoms with E-state index in [0.29, 0.717) is 0 Å². The van der Waals surface area contributed by atoms with Crippen LogP contribution >= 0.6 is 0 Å². The lowest BCUT2D eigenvalue weighted by molar-refractivity contribution is -0.699. The Kier molecular flexibility index (Phi) is 17.4. The monoisotopic (exact) mass is 959 g/mol. The van der Waals surface area contributed by atoms with E-state index in [1.807, 2.05) is 0 Å². The first-order valence-electron chi connectivity index (χ1n) is 27.7. The number of aryl methyl sites for hydroxylation is 4. The minimum atomic E-state index is 0.903. The summed E-state index contributed by atoms with van der Waals surface area (Å²) >= 11 is 0. The number of aromatic nitrogens is 8. The predicted molar refractivity (Wildman–Crippen MR) is 297 cm³/mol. The lowest BCUT2D eigenvalue weighted by Crippen LogP contribution is -2.38. The zero-order chi connectivity index (χ0) is 49.5. The molecule has 72 heavy (non-hydrogen) atoms. The van der Waals surface area contributed by atoms with Crippen LogP contribution in [0.4, 0.5) is 0 Å². The molecule has 0 amide bonds. The van der Waals surface area contributed by atoms with Gasteiger partial charge in [0.05, 0.1) is 56.1 Å². The molecule has 2 aliphatic rings. The molecule has 0 spiro atoms. The number of fused-ring (bicyclic) bond motifs is 8. The molecule has 0 atom stereocenters. The molecule has 7 aromatic rings. The van der Waals surface area contributed by atoms with Crippen molar-refractivity contribution >= 4 is 45.9 Å². The number of aromatic amines is 2. The number of H-pyrrole nitrogens is 2. The highest BCUT2D eigenvalue weighted by Crippen LogP contribution is 2.44. The van der Waals surface area contributed by atoms with E-state index >= 15 is 0 Å². The van der Waals surface area contributed by atoms with Crippen molar-refractivity contribution in [2.24, 2.45) is 0 Å². The molecule has 0 aromatic carbocycles. The Balaban J connectivity index is 1.47. The molecule has 0 unspecified atom stereocenters. The topological polar surface area (TPSA) is 72.9 Å². The van der Waals surface area contributed by atoms with Gasteiger partial charge < -0.3 is 9.97 Å². The number of pyridine rings is 4. The summed E-state index contributed by atoms with van der Waals surface area (Å²) in [5.74, 6) is 0. The second-order valence-electron chi connectivity index (χ2n) is 19.9. The van der Waals surface area contributed by atoms with Crippen LogP contribution in [0.3, 0.4) is 0 Å². The highest BCUT2D eigenvalue weighted by Gasteiger charge is 2.34. The van der Waals surface area contributed by atoms with Crippen molar-refractivity contribution in [1.82, 2.24) is 19.9 Å². The second-order valence-corrected chi connectivity index (χ2v) is 19.9. The fourth-order valence-electron chi connectivity index (χ4n) is 10.7. The van der Waals surface area contributed by atoms with E-state index in [2.05, 4.69) is 202 Å². The molecule has 0 saturated heterocycles. The third-order valence-electron chi connectivity index (χ3n) is 14.4. The van der Waals surface area contributed by atoms with E-state index in [0.717, 1.165) is 114 Å². The van der Waals surface area contributed by atoms with Crippen LogP contribution in [-0.2, 0) is 26.2 Å². The van der Waals surface area contributed by atoms with Crippen LogP contribution in [0.25, 0.3) is 79.6 Å². The molecule has 8 nitrogen and oxygen atoms in total. The fraction of sp³-hybridized carbons (Fsp3) is 0.375. The summed E-state index contributed by atoms with van der Waals surface area (Å²) in [4.78, 5) is 19.1. The summed E-state index contributed by atoms with van der Waals surface area (Å²) in [5.41, 5.74) is 17.1. The van der Waals surface area contributed by atoms with Crippen molar-refractivity contribution in [1.29, 1.82) is 0 Å². The van der Waals surface area contributed by atoms with Crippen LogP contribution in [0.5, 0.6) is 0 Å². The highest BCUT2D eigenvalue weighted by atomic mass is 15.0. The molecule has 7 aromatic heterocycles. The first kappa shape index (κ1) is 50.2. The third-order valence-corrected chi connectivity index (χ3v) is 14.4. The fourth-order valence-corrected chi connectivity index (χ4v) is 10.7. The molecule has 2 aliphatic heterocycles. The van der Waals surface area contributed by atoms with Gasteiger partial charge in [0.15, 0.2) is 24.8 Å².